The van der Waals surface area contributed by atoms with Crippen LogP contribution < -0.4 is 5.32 Å². The van der Waals surface area contributed by atoms with Crippen molar-refractivity contribution >= 4 is 40.4 Å². The molecule has 4 aromatic rings. The van der Waals surface area contributed by atoms with Gasteiger partial charge in [0.25, 0.3) is 11.8 Å². The summed E-state index contributed by atoms with van der Waals surface area (Å²) in [5.41, 5.74) is 3.44. The molecular formula is C24H23ClFN7O2S. The van der Waals surface area contributed by atoms with Gasteiger partial charge in [0.05, 0.1) is 21.4 Å². The van der Waals surface area contributed by atoms with Gasteiger partial charge < -0.3 is 10.2 Å². The lowest BCUT2D eigenvalue weighted by atomic mass is 9.97. The van der Waals surface area contributed by atoms with Gasteiger partial charge in [-0.05, 0) is 44.4 Å². The number of fused-ring (bicyclic) bond motifs is 1. The zero-order valence-electron chi connectivity index (χ0n) is 19.7. The molecule has 1 N–H and O–H groups in total. The van der Waals surface area contributed by atoms with Gasteiger partial charge in [-0.15, -0.1) is 21.5 Å². The number of piperidine rings is 1. The zero-order chi connectivity index (χ0) is 25.4. The molecule has 0 spiro atoms. The number of hydrogen-bond acceptors (Lipinski definition) is 7. The summed E-state index contributed by atoms with van der Waals surface area (Å²) in [6.45, 7) is 5.04. The van der Waals surface area contributed by atoms with Crippen LogP contribution in [0.3, 0.4) is 0 Å². The molecule has 0 saturated carbocycles. The van der Waals surface area contributed by atoms with Crippen molar-refractivity contribution < 1.29 is 14.0 Å². The number of likely N-dealkylation sites (tertiary alicyclic amines) is 1. The summed E-state index contributed by atoms with van der Waals surface area (Å²) >= 11 is 7.24. The summed E-state index contributed by atoms with van der Waals surface area (Å²) in [5, 5.41) is 18.1. The fourth-order valence-corrected chi connectivity index (χ4v) is 5.43. The summed E-state index contributed by atoms with van der Waals surface area (Å²) in [4.78, 5) is 32.0. The lowest BCUT2D eigenvalue weighted by molar-refractivity contribution is 0.0704. The van der Waals surface area contributed by atoms with E-state index < -0.39 is 5.82 Å². The van der Waals surface area contributed by atoms with Crippen molar-refractivity contribution in [3.8, 4) is 0 Å². The van der Waals surface area contributed by atoms with Crippen molar-refractivity contribution in [2.75, 3.05) is 13.1 Å². The molecule has 0 atom stereocenters. The molecule has 3 aromatic heterocycles. The Morgan fingerprint density at radius 2 is 1.97 bits per heavy atom. The molecule has 1 aliphatic heterocycles. The number of thiazole rings is 1. The number of carbonyl (C=O) groups excluding carboxylic acids is 2. The average molecular weight is 528 g/mol. The number of nitrogens with one attached hydrogen (secondary N) is 1. The largest absolute Gasteiger partial charge is 0.347 e. The first-order valence-corrected chi connectivity index (χ1v) is 12.7. The van der Waals surface area contributed by atoms with Crippen LogP contribution in [0, 0.1) is 19.7 Å². The SMILES string of the molecule is Cc1cc2nnc(C(=O)N3CCC(c4nc(C(=O)NCc5ccc(F)c(Cl)c5)cs4)CC3)c(C)n2n1. The monoisotopic (exact) mass is 527 g/mol. The van der Waals surface area contributed by atoms with E-state index in [0.29, 0.717) is 41.4 Å². The van der Waals surface area contributed by atoms with E-state index in [9.17, 15) is 14.0 Å². The Kier molecular flexibility index (Phi) is 6.67. The van der Waals surface area contributed by atoms with Crippen LogP contribution in [0.15, 0.2) is 29.6 Å². The Morgan fingerprint density at radius 3 is 2.72 bits per heavy atom. The minimum atomic E-state index is -0.499. The molecule has 186 valence electrons. The topological polar surface area (TPSA) is 105 Å². The van der Waals surface area contributed by atoms with E-state index in [-0.39, 0.29) is 29.3 Å². The summed E-state index contributed by atoms with van der Waals surface area (Å²) in [7, 11) is 0. The fraction of sp³-hybridized carbons (Fsp3) is 0.333. The Bertz CT molecular complexity index is 1460. The normalized spacial score (nSPS) is 14.4. The van der Waals surface area contributed by atoms with Crippen molar-refractivity contribution in [2.45, 2.75) is 39.2 Å². The molecule has 2 amide bonds. The smallest absolute Gasteiger partial charge is 0.276 e. The second kappa shape index (κ2) is 9.90. The fourth-order valence-electron chi connectivity index (χ4n) is 4.26. The Morgan fingerprint density at radius 1 is 1.19 bits per heavy atom. The molecule has 0 aliphatic carbocycles. The minimum absolute atomic E-state index is 0.0155. The van der Waals surface area contributed by atoms with E-state index in [0.717, 1.165) is 23.5 Å². The van der Waals surface area contributed by atoms with Crippen LogP contribution in [0.1, 0.15) is 61.7 Å². The van der Waals surface area contributed by atoms with Gasteiger partial charge in [0.2, 0.25) is 0 Å². The molecule has 1 fully saturated rings. The maximum atomic E-state index is 13.3. The number of carbonyl (C=O) groups is 2. The van der Waals surface area contributed by atoms with Crippen LogP contribution in [0.2, 0.25) is 5.02 Å². The molecule has 12 heteroatoms. The van der Waals surface area contributed by atoms with Crippen molar-refractivity contribution in [1.29, 1.82) is 0 Å². The highest BCUT2D eigenvalue weighted by molar-refractivity contribution is 7.09. The number of halogens is 2. The third-order valence-electron chi connectivity index (χ3n) is 6.25. The van der Waals surface area contributed by atoms with Gasteiger partial charge in [0.15, 0.2) is 11.3 Å². The van der Waals surface area contributed by atoms with Crippen LogP contribution in [0.4, 0.5) is 4.39 Å². The molecule has 0 radical (unpaired) electrons. The summed E-state index contributed by atoms with van der Waals surface area (Å²) in [5.74, 6) is -0.793. The molecule has 0 unspecified atom stereocenters. The lowest BCUT2D eigenvalue weighted by Gasteiger charge is -2.31. The third-order valence-corrected chi connectivity index (χ3v) is 7.55. The van der Waals surface area contributed by atoms with E-state index in [1.54, 1.807) is 20.9 Å². The van der Waals surface area contributed by atoms with Crippen molar-refractivity contribution in [1.82, 2.24) is 35.0 Å². The first kappa shape index (κ1) is 24.3. The Balaban J connectivity index is 1.18. The van der Waals surface area contributed by atoms with Gasteiger partial charge in [-0.3, -0.25) is 9.59 Å². The number of nitrogens with zero attached hydrogens (tertiary/aromatic N) is 6. The predicted molar refractivity (Wildman–Crippen MR) is 133 cm³/mol. The number of amides is 2. The summed E-state index contributed by atoms with van der Waals surface area (Å²) < 4.78 is 15.0. The molecular weight excluding hydrogens is 505 g/mol. The van der Waals surface area contributed by atoms with Crippen LogP contribution in [0.25, 0.3) is 5.65 Å². The van der Waals surface area contributed by atoms with Gasteiger partial charge in [-0.1, -0.05) is 17.7 Å². The molecule has 9 nitrogen and oxygen atoms in total. The maximum absolute atomic E-state index is 13.3. The van der Waals surface area contributed by atoms with Gasteiger partial charge in [-0.2, -0.15) is 5.10 Å². The Labute approximate surface area is 215 Å². The molecule has 1 aromatic carbocycles. The Hall–Kier alpha value is -3.44. The minimum Gasteiger partial charge on any atom is -0.347 e. The second-order valence-electron chi connectivity index (χ2n) is 8.76. The highest BCUT2D eigenvalue weighted by Gasteiger charge is 2.29. The summed E-state index contributed by atoms with van der Waals surface area (Å²) in [6, 6.07) is 6.15. The lowest BCUT2D eigenvalue weighted by Crippen LogP contribution is -2.39. The number of aryl methyl sites for hydroxylation is 2. The van der Waals surface area contributed by atoms with E-state index >= 15 is 0 Å². The van der Waals surface area contributed by atoms with Crippen LogP contribution in [-0.2, 0) is 6.54 Å². The first-order valence-electron chi connectivity index (χ1n) is 11.5. The van der Waals surface area contributed by atoms with E-state index in [1.807, 2.05) is 19.9 Å². The van der Waals surface area contributed by atoms with Gasteiger partial charge in [-0.25, -0.2) is 13.9 Å². The standard InChI is InChI=1S/C24H23ClFN7O2S/c1-13-9-20-29-30-21(14(2)33(20)31-13)24(35)32-7-5-16(6-8-32)23-28-19(12-36-23)22(34)27-11-15-3-4-18(26)17(25)10-15/h3-4,9-10,12,16H,5-8,11H2,1-2H3,(H,27,34). The maximum Gasteiger partial charge on any atom is 0.276 e. The van der Waals surface area contributed by atoms with Gasteiger partial charge >= 0.3 is 0 Å². The number of aromatic nitrogens is 5. The first-order chi connectivity index (χ1) is 17.3. The van der Waals surface area contributed by atoms with Gasteiger partial charge in [0.1, 0.15) is 11.5 Å². The van der Waals surface area contributed by atoms with Crippen LogP contribution in [0.5, 0.6) is 0 Å². The number of benzene rings is 1. The average Bonchev–Trinajstić information content (AvgIpc) is 3.52. The molecule has 4 heterocycles. The van der Waals surface area contributed by atoms with E-state index in [4.69, 9.17) is 11.6 Å². The third kappa shape index (κ3) is 4.80. The molecule has 1 saturated heterocycles. The predicted octanol–water partition coefficient (Wildman–Crippen LogP) is 3.94. The highest BCUT2D eigenvalue weighted by atomic mass is 35.5. The molecule has 0 bridgehead atoms. The molecule has 36 heavy (non-hydrogen) atoms. The van der Waals surface area contributed by atoms with Crippen molar-refractivity contribution in [2.24, 2.45) is 0 Å². The molecule has 5 rings (SSSR count). The zero-order valence-corrected chi connectivity index (χ0v) is 21.2. The number of rotatable bonds is 5. The van der Waals surface area contributed by atoms with Crippen LogP contribution >= 0.6 is 22.9 Å². The van der Waals surface area contributed by atoms with Crippen molar-refractivity contribution in [3.05, 3.63) is 73.8 Å². The summed E-state index contributed by atoms with van der Waals surface area (Å²) in [6.07, 6.45) is 1.48. The molecule has 1 aliphatic rings. The van der Waals surface area contributed by atoms with Crippen LogP contribution in [-0.4, -0.2) is 54.6 Å². The van der Waals surface area contributed by atoms with Gasteiger partial charge in [0, 0.05) is 37.0 Å². The quantitative estimate of drug-likeness (QED) is 0.421. The second-order valence-corrected chi connectivity index (χ2v) is 10.1. The van der Waals surface area contributed by atoms with E-state index in [2.05, 4.69) is 25.6 Å². The van der Waals surface area contributed by atoms with E-state index in [1.165, 1.54) is 23.5 Å². The van der Waals surface area contributed by atoms with Crippen molar-refractivity contribution in [3.63, 3.8) is 0 Å². The number of hydrogen-bond donors (Lipinski definition) is 1. The highest BCUT2D eigenvalue weighted by Crippen LogP contribution is 2.31.